The average Bonchev–Trinajstić information content (AvgIpc) is 2.78. The molecule has 0 amide bonds. The van der Waals surface area contributed by atoms with Gasteiger partial charge in [0.25, 0.3) is 0 Å². The van der Waals surface area contributed by atoms with Crippen molar-refractivity contribution in [2.24, 2.45) is 0 Å². The SMILES string of the molecule is CC(C)OC1CCC(NC(C)c2ccc(Cl)s2)CC1. The molecule has 1 atom stereocenters. The van der Waals surface area contributed by atoms with Crippen molar-refractivity contribution in [3.63, 3.8) is 0 Å². The first-order chi connectivity index (χ1) is 9.04. The van der Waals surface area contributed by atoms with Gasteiger partial charge in [0.2, 0.25) is 0 Å². The van der Waals surface area contributed by atoms with Gasteiger partial charge in [-0.1, -0.05) is 11.6 Å². The molecule has 1 aliphatic carbocycles. The number of hydrogen-bond donors (Lipinski definition) is 1. The van der Waals surface area contributed by atoms with Gasteiger partial charge in [0.1, 0.15) is 0 Å². The number of hydrogen-bond acceptors (Lipinski definition) is 3. The lowest BCUT2D eigenvalue weighted by Gasteiger charge is -2.32. The van der Waals surface area contributed by atoms with E-state index in [0.717, 1.165) is 4.34 Å². The fourth-order valence-corrected chi connectivity index (χ4v) is 3.82. The number of ether oxygens (including phenoxy) is 1. The molecule has 1 unspecified atom stereocenters. The van der Waals surface area contributed by atoms with Gasteiger partial charge in [0.15, 0.2) is 0 Å². The van der Waals surface area contributed by atoms with Crippen molar-refractivity contribution < 1.29 is 4.74 Å². The molecule has 1 saturated carbocycles. The monoisotopic (exact) mass is 301 g/mol. The Kier molecular flexibility index (Phi) is 5.70. The third-order valence-corrected chi connectivity index (χ3v) is 5.06. The van der Waals surface area contributed by atoms with Crippen LogP contribution >= 0.6 is 22.9 Å². The number of rotatable bonds is 5. The van der Waals surface area contributed by atoms with E-state index in [4.69, 9.17) is 16.3 Å². The van der Waals surface area contributed by atoms with Crippen LogP contribution in [-0.2, 0) is 4.74 Å². The molecule has 1 aromatic rings. The molecule has 1 N–H and O–H groups in total. The van der Waals surface area contributed by atoms with Crippen LogP contribution in [0.1, 0.15) is 57.4 Å². The van der Waals surface area contributed by atoms with Crippen LogP contribution in [0.2, 0.25) is 4.34 Å². The zero-order valence-corrected chi connectivity index (χ0v) is 13.6. The summed E-state index contributed by atoms with van der Waals surface area (Å²) in [7, 11) is 0. The fraction of sp³-hybridized carbons (Fsp3) is 0.733. The minimum absolute atomic E-state index is 0.349. The molecule has 0 bridgehead atoms. The first-order valence-corrected chi connectivity index (χ1v) is 8.40. The number of thiophene rings is 1. The highest BCUT2D eigenvalue weighted by Crippen LogP contribution is 2.29. The third kappa shape index (κ3) is 4.75. The Labute approximate surface area is 125 Å². The maximum absolute atomic E-state index is 5.99. The molecule has 0 saturated heterocycles. The van der Waals surface area contributed by atoms with Crippen molar-refractivity contribution in [3.8, 4) is 0 Å². The second-order valence-corrected chi connectivity index (χ2v) is 7.44. The highest BCUT2D eigenvalue weighted by atomic mass is 35.5. The first kappa shape index (κ1) is 15.3. The smallest absolute Gasteiger partial charge is 0.0931 e. The molecule has 0 spiro atoms. The summed E-state index contributed by atoms with van der Waals surface area (Å²) in [5.41, 5.74) is 0. The van der Waals surface area contributed by atoms with E-state index in [1.54, 1.807) is 11.3 Å². The van der Waals surface area contributed by atoms with Crippen LogP contribution in [0.25, 0.3) is 0 Å². The zero-order valence-electron chi connectivity index (χ0n) is 12.0. The summed E-state index contributed by atoms with van der Waals surface area (Å²) in [5, 5.41) is 3.72. The average molecular weight is 302 g/mol. The van der Waals surface area contributed by atoms with E-state index < -0.39 is 0 Å². The van der Waals surface area contributed by atoms with Crippen LogP contribution in [-0.4, -0.2) is 18.2 Å². The van der Waals surface area contributed by atoms with E-state index >= 15 is 0 Å². The van der Waals surface area contributed by atoms with E-state index in [9.17, 15) is 0 Å². The zero-order chi connectivity index (χ0) is 13.8. The summed E-state index contributed by atoms with van der Waals surface area (Å²) >= 11 is 7.66. The normalized spacial score (nSPS) is 25.7. The highest BCUT2D eigenvalue weighted by Gasteiger charge is 2.23. The Morgan fingerprint density at radius 2 is 1.89 bits per heavy atom. The minimum atomic E-state index is 0.349. The van der Waals surface area contributed by atoms with E-state index in [-0.39, 0.29) is 0 Å². The standard InChI is InChI=1S/C15H24ClNOS/c1-10(2)18-13-6-4-12(5-7-13)17-11(3)14-8-9-15(16)19-14/h8-13,17H,4-7H2,1-3H3. The van der Waals surface area contributed by atoms with Crippen LogP contribution in [0, 0.1) is 0 Å². The molecule has 1 heterocycles. The van der Waals surface area contributed by atoms with Crippen LogP contribution < -0.4 is 5.32 Å². The van der Waals surface area contributed by atoms with Gasteiger partial charge in [-0.3, -0.25) is 0 Å². The third-order valence-electron chi connectivity index (χ3n) is 3.65. The van der Waals surface area contributed by atoms with Gasteiger partial charge >= 0.3 is 0 Å². The Morgan fingerprint density at radius 3 is 2.42 bits per heavy atom. The van der Waals surface area contributed by atoms with Crippen molar-refractivity contribution in [1.82, 2.24) is 5.32 Å². The topological polar surface area (TPSA) is 21.3 Å². The predicted molar refractivity (Wildman–Crippen MR) is 83.1 cm³/mol. The van der Waals surface area contributed by atoms with Crippen molar-refractivity contribution >= 4 is 22.9 Å². The Bertz CT molecular complexity index is 385. The second kappa shape index (κ2) is 7.07. The molecule has 2 rings (SSSR count). The van der Waals surface area contributed by atoms with Gasteiger partial charge in [-0.05, 0) is 58.6 Å². The summed E-state index contributed by atoms with van der Waals surface area (Å²) in [4.78, 5) is 1.32. The maximum Gasteiger partial charge on any atom is 0.0931 e. The van der Waals surface area contributed by atoms with Gasteiger partial charge in [-0.15, -0.1) is 11.3 Å². The molecule has 1 aromatic heterocycles. The van der Waals surface area contributed by atoms with E-state index in [2.05, 4.69) is 32.2 Å². The summed E-state index contributed by atoms with van der Waals surface area (Å²) in [5.74, 6) is 0. The largest absolute Gasteiger partial charge is 0.376 e. The molecule has 2 nitrogen and oxygen atoms in total. The minimum Gasteiger partial charge on any atom is -0.376 e. The molecule has 19 heavy (non-hydrogen) atoms. The molecule has 0 radical (unpaired) electrons. The van der Waals surface area contributed by atoms with Gasteiger partial charge in [0.05, 0.1) is 16.5 Å². The molecule has 4 heteroatoms. The molecule has 1 aliphatic rings. The molecule has 1 fully saturated rings. The van der Waals surface area contributed by atoms with Gasteiger partial charge in [0, 0.05) is 17.0 Å². The Hall–Kier alpha value is -0.0900. The molecule has 0 aromatic carbocycles. The van der Waals surface area contributed by atoms with E-state index in [0.29, 0.717) is 24.3 Å². The number of nitrogens with one attached hydrogen (secondary N) is 1. The van der Waals surface area contributed by atoms with Crippen LogP contribution in [0.4, 0.5) is 0 Å². The predicted octanol–water partition coefficient (Wildman–Crippen LogP) is 4.79. The lowest BCUT2D eigenvalue weighted by atomic mass is 9.92. The quantitative estimate of drug-likeness (QED) is 0.844. The summed E-state index contributed by atoms with van der Waals surface area (Å²) < 4.78 is 6.76. The van der Waals surface area contributed by atoms with Crippen molar-refractivity contribution in [2.45, 2.75) is 70.7 Å². The van der Waals surface area contributed by atoms with E-state index in [1.807, 2.05) is 6.07 Å². The summed E-state index contributed by atoms with van der Waals surface area (Å²) in [6, 6.07) is 5.11. The van der Waals surface area contributed by atoms with Crippen molar-refractivity contribution in [3.05, 3.63) is 21.3 Å². The Balaban J connectivity index is 1.76. The van der Waals surface area contributed by atoms with Gasteiger partial charge < -0.3 is 10.1 Å². The molecular weight excluding hydrogens is 278 g/mol. The molecule has 0 aliphatic heterocycles. The lowest BCUT2D eigenvalue weighted by Crippen LogP contribution is -2.37. The molecular formula is C15H24ClNOS. The Morgan fingerprint density at radius 1 is 1.21 bits per heavy atom. The maximum atomic E-state index is 5.99. The van der Waals surface area contributed by atoms with E-state index in [1.165, 1.54) is 30.6 Å². The fourth-order valence-electron chi connectivity index (χ4n) is 2.75. The van der Waals surface area contributed by atoms with Crippen molar-refractivity contribution in [1.29, 1.82) is 0 Å². The summed E-state index contributed by atoms with van der Waals surface area (Å²) in [6.07, 6.45) is 5.58. The van der Waals surface area contributed by atoms with Crippen LogP contribution in [0.3, 0.4) is 0 Å². The van der Waals surface area contributed by atoms with Gasteiger partial charge in [-0.25, -0.2) is 0 Å². The first-order valence-electron chi connectivity index (χ1n) is 7.21. The lowest BCUT2D eigenvalue weighted by molar-refractivity contribution is -0.0166. The van der Waals surface area contributed by atoms with Gasteiger partial charge in [-0.2, -0.15) is 0 Å². The highest BCUT2D eigenvalue weighted by molar-refractivity contribution is 7.16. The summed E-state index contributed by atoms with van der Waals surface area (Å²) in [6.45, 7) is 6.46. The second-order valence-electron chi connectivity index (χ2n) is 5.69. The van der Waals surface area contributed by atoms with Crippen molar-refractivity contribution in [2.75, 3.05) is 0 Å². The molecule has 108 valence electrons. The van der Waals surface area contributed by atoms with Crippen LogP contribution in [0.5, 0.6) is 0 Å². The number of halogens is 1. The van der Waals surface area contributed by atoms with Crippen LogP contribution in [0.15, 0.2) is 12.1 Å².